The highest BCUT2D eigenvalue weighted by Crippen LogP contribution is 2.35. The van der Waals surface area contributed by atoms with E-state index in [1.54, 1.807) is 8.61 Å². The van der Waals surface area contributed by atoms with E-state index in [9.17, 15) is 13.5 Å². The summed E-state index contributed by atoms with van der Waals surface area (Å²) < 4.78 is 28.6. The average molecular weight is 304 g/mol. The van der Waals surface area contributed by atoms with Crippen LogP contribution in [0.1, 0.15) is 46.0 Å². The standard InChI is InChI=1S/C14H28N2O3S/c1-3-14(2)6-9-15(10-7-14)20(18,19)16-8-4-5-13(11-16)12-17/h13,17H,3-12H2,1-2H3. The summed E-state index contributed by atoms with van der Waals surface area (Å²) in [4.78, 5) is 0. The predicted octanol–water partition coefficient (Wildman–Crippen LogP) is 1.45. The zero-order valence-electron chi connectivity index (χ0n) is 12.7. The van der Waals surface area contributed by atoms with Crippen LogP contribution in [-0.4, -0.2) is 54.9 Å². The molecule has 0 aromatic rings. The van der Waals surface area contributed by atoms with E-state index in [4.69, 9.17) is 0 Å². The van der Waals surface area contributed by atoms with Crippen LogP contribution in [0.15, 0.2) is 0 Å². The Hall–Kier alpha value is -0.170. The topological polar surface area (TPSA) is 60.9 Å². The van der Waals surface area contributed by atoms with Gasteiger partial charge < -0.3 is 5.11 Å². The minimum atomic E-state index is -3.33. The molecule has 0 aromatic carbocycles. The van der Waals surface area contributed by atoms with Crippen LogP contribution in [0.5, 0.6) is 0 Å². The number of rotatable bonds is 4. The van der Waals surface area contributed by atoms with Gasteiger partial charge in [0.15, 0.2) is 0 Å². The van der Waals surface area contributed by atoms with E-state index in [2.05, 4.69) is 13.8 Å². The molecule has 2 rings (SSSR count). The molecule has 0 radical (unpaired) electrons. The van der Waals surface area contributed by atoms with Gasteiger partial charge in [-0.25, -0.2) is 0 Å². The molecule has 1 unspecified atom stereocenters. The highest BCUT2D eigenvalue weighted by Gasteiger charge is 2.38. The Morgan fingerprint density at radius 3 is 2.40 bits per heavy atom. The van der Waals surface area contributed by atoms with Crippen LogP contribution >= 0.6 is 0 Å². The quantitative estimate of drug-likeness (QED) is 0.855. The van der Waals surface area contributed by atoms with Crippen LogP contribution in [0.3, 0.4) is 0 Å². The van der Waals surface area contributed by atoms with Crippen molar-refractivity contribution in [2.45, 2.75) is 46.0 Å². The lowest BCUT2D eigenvalue weighted by Gasteiger charge is -2.41. The van der Waals surface area contributed by atoms with Crippen LogP contribution < -0.4 is 0 Å². The Kier molecular flexibility index (Phi) is 5.10. The van der Waals surface area contributed by atoms with E-state index < -0.39 is 10.2 Å². The molecule has 2 fully saturated rings. The molecular formula is C14H28N2O3S. The molecule has 1 N–H and O–H groups in total. The molecule has 2 saturated heterocycles. The molecule has 0 aliphatic carbocycles. The van der Waals surface area contributed by atoms with Crippen molar-refractivity contribution in [3.05, 3.63) is 0 Å². The molecule has 1 atom stereocenters. The average Bonchev–Trinajstić information content (AvgIpc) is 2.48. The summed E-state index contributed by atoms with van der Waals surface area (Å²) >= 11 is 0. The predicted molar refractivity (Wildman–Crippen MR) is 79.5 cm³/mol. The van der Waals surface area contributed by atoms with E-state index in [0.29, 0.717) is 31.6 Å². The van der Waals surface area contributed by atoms with E-state index in [1.807, 2.05) is 0 Å². The van der Waals surface area contributed by atoms with Crippen LogP contribution in [0.2, 0.25) is 0 Å². The highest BCUT2D eigenvalue weighted by atomic mass is 32.2. The first kappa shape index (κ1) is 16.2. The van der Waals surface area contributed by atoms with Crippen molar-refractivity contribution in [3.63, 3.8) is 0 Å². The van der Waals surface area contributed by atoms with Crippen molar-refractivity contribution < 1.29 is 13.5 Å². The Morgan fingerprint density at radius 2 is 1.85 bits per heavy atom. The van der Waals surface area contributed by atoms with Gasteiger partial charge in [0, 0.05) is 32.8 Å². The van der Waals surface area contributed by atoms with Crippen LogP contribution in [-0.2, 0) is 10.2 Å². The minimum absolute atomic E-state index is 0.0833. The molecule has 2 heterocycles. The summed E-state index contributed by atoms with van der Waals surface area (Å²) in [6.07, 6.45) is 4.78. The van der Waals surface area contributed by atoms with E-state index in [1.165, 1.54) is 0 Å². The van der Waals surface area contributed by atoms with Gasteiger partial charge >= 0.3 is 0 Å². The SMILES string of the molecule is CCC1(C)CCN(S(=O)(=O)N2CCCC(CO)C2)CC1. The fourth-order valence-corrected chi connectivity index (χ4v) is 4.89. The fourth-order valence-electron chi connectivity index (χ4n) is 3.16. The second-order valence-electron chi connectivity index (χ2n) is 6.62. The Labute approximate surface area is 123 Å². The first-order valence-corrected chi connectivity index (χ1v) is 9.17. The van der Waals surface area contributed by atoms with E-state index in [0.717, 1.165) is 32.1 Å². The number of piperidine rings is 2. The summed E-state index contributed by atoms with van der Waals surface area (Å²) in [6, 6.07) is 0. The largest absolute Gasteiger partial charge is 0.396 e. The maximum Gasteiger partial charge on any atom is 0.281 e. The van der Waals surface area contributed by atoms with Gasteiger partial charge in [-0.1, -0.05) is 20.3 Å². The molecule has 6 heteroatoms. The number of nitrogens with zero attached hydrogens (tertiary/aromatic N) is 2. The smallest absolute Gasteiger partial charge is 0.281 e. The molecule has 0 spiro atoms. The van der Waals surface area contributed by atoms with Crippen LogP contribution in [0.4, 0.5) is 0 Å². The minimum Gasteiger partial charge on any atom is -0.396 e. The van der Waals surface area contributed by atoms with Gasteiger partial charge in [0.2, 0.25) is 0 Å². The third-order valence-corrected chi connectivity index (χ3v) is 7.18. The maximum atomic E-state index is 12.7. The van der Waals surface area contributed by atoms with Gasteiger partial charge in [0.1, 0.15) is 0 Å². The molecule has 5 nitrogen and oxygen atoms in total. The monoisotopic (exact) mass is 304 g/mol. The lowest BCUT2D eigenvalue weighted by molar-refractivity contribution is 0.143. The number of aliphatic hydroxyl groups excluding tert-OH is 1. The zero-order valence-corrected chi connectivity index (χ0v) is 13.5. The van der Waals surface area contributed by atoms with E-state index in [-0.39, 0.29) is 12.5 Å². The van der Waals surface area contributed by atoms with Gasteiger partial charge in [-0.2, -0.15) is 17.0 Å². The van der Waals surface area contributed by atoms with Gasteiger partial charge in [-0.3, -0.25) is 0 Å². The van der Waals surface area contributed by atoms with Crippen molar-refractivity contribution in [2.75, 3.05) is 32.8 Å². The third-order valence-electron chi connectivity index (χ3n) is 5.18. The summed E-state index contributed by atoms with van der Waals surface area (Å²) in [5, 5.41) is 9.25. The second-order valence-corrected chi connectivity index (χ2v) is 8.55. The van der Waals surface area contributed by atoms with Gasteiger partial charge in [-0.15, -0.1) is 0 Å². The van der Waals surface area contributed by atoms with Crippen molar-refractivity contribution in [3.8, 4) is 0 Å². The molecule has 0 aromatic heterocycles. The van der Waals surface area contributed by atoms with Crippen molar-refractivity contribution in [1.82, 2.24) is 8.61 Å². The Morgan fingerprint density at radius 1 is 1.20 bits per heavy atom. The molecule has 2 aliphatic rings. The summed E-state index contributed by atoms with van der Waals surface area (Å²) in [5.41, 5.74) is 0.293. The van der Waals surface area contributed by atoms with Gasteiger partial charge in [0.05, 0.1) is 0 Å². The molecule has 118 valence electrons. The van der Waals surface area contributed by atoms with Crippen LogP contribution in [0.25, 0.3) is 0 Å². The van der Waals surface area contributed by atoms with Crippen molar-refractivity contribution in [2.24, 2.45) is 11.3 Å². The van der Waals surface area contributed by atoms with Gasteiger partial charge in [0.25, 0.3) is 10.2 Å². The molecule has 20 heavy (non-hydrogen) atoms. The molecule has 0 saturated carbocycles. The highest BCUT2D eigenvalue weighted by molar-refractivity contribution is 7.86. The van der Waals surface area contributed by atoms with E-state index >= 15 is 0 Å². The number of hydrogen-bond acceptors (Lipinski definition) is 3. The number of aliphatic hydroxyl groups is 1. The van der Waals surface area contributed by atoms with Crippen molar-refractivity contribution >= 4 is 10.2 Å². The Balaban J connectivity index is 2.00. The van der Waals surface area contributed by atoms with Crippen LogP contribution in [0, 0.1) is 11.3 Å². The molecular weight excluding hydrogens is 276 g/mol. The Bertz CT molecular complexity index is 416. The second kappa shape index (κ2) is 6.30. The molecule has 0 amide bonds. The molecule has 0 bridgehead atoms. The van der Waals surface area contributed by atoms with Gasteiger partial charge in [-0.05, 0) is 37.0 Å². The fraction of sp³-hybridized carbons (Fsp3) is 1.00. The summed E-state index contributed by atoms with van der Waals surface area (Å²) in [7, 11) is -3.33. The normalized spacial score (nSPS) is 29.4. The zero-order chi connectivity index (χ0) is 14.8. The molecule has 2 aliphatic heterocycles. The lowest BCUT2D eigenvalue weighted by Crippen LogP contribution is -2.51. The first-order valence-electron chi connectivity index (χ1n) is 7.77. The van der Waals surface area contributed by atoms with Crippen molar-refractivity contribution in [1.29, 1.82) is 0 Å². The lowest BCUT2D eigenvalue weighted by atomic mass is 9.79. The first-order chi connectivity index (χ1) is 9.41. The summed E-state index contributed by atoms with van der Waals surface area (Å²) in [5.74, 6) is 0.101. The third kappa shape index (κ3) is 3.35. The number of hydrogen-bond donors (Lipinski definition) is 1. The maximum absolute atomic E-state index is 12.7. The summed E-state index contributed by atoms with van der Waals surface area (Å²) in [6.45, 7) is 6.85.